The van der Waals surface area contributed by atoms with Crippen LogP contribution in [0.4, 0.5) is 14.5 Å². The first-order valence-corrected chi connectivity index (χ1v) is 7.79. The summed E-state index contributed by atoms with van der Waals surface area (Å²) < 4.78 is 25.9. The maximum atomic E-state index is 13.1. The summed E-state index contributed by atoms with van der Waals surface area (Å²) in [5.41, 5.74) is 0.233. The fourth-order valence-corrected chi connectivity index (χ4v) is 2.69. The van der Waals surface area contributed by atoms with Crippen LogP contribution in [0.15, 0.2) is 18.2 Å². The van der Waals surface area contributed by atoms with Crippen LogP contribution in [0.2, 0.25) is 0 Å². The molecule has 1 N–H and O–H groups in total. The molecule has 1 aromatic rings. The molecular weight excluding hydrogens is 304 g/mol. The molecule has 0 bridgehead atoms. The van der Waals surface area contributed by atoms with Crippen molar-refractivity contribution < 1.29 is 18.4 Å². The zero-order valence-corrected chi connectivity index (χ0v) is 12.7. The number of carbonyl (C=O) groups is 2. The second-order valence-electron chi connectivity index (χ2n) is 6.05. The highest BCUT2D eigenvalue weighted by Gasteiger charge is 2.34. The molecule has 1 aliphatic carbocycles. The van der Waals surface area contributed by atoms with E-state index in [0.29, 0.717) is 26.2 Å². The van der Waals surface area contributed by atoms with Gasteiger partial charge in [0.05, 0.1) is 6.54 Å². The van der Waals surface area contributed by atoms with Crippen LogP contribution in [-0.4, -0.2) is 54.3 Å². The quantitative estimate of drug-likeness (QED) is 0.913. The molecule has 1 saturated carbocycles. The SMILES string of the molecule is O=C(CN1CCN(C(=O)C2CC2)CC1)Nc1ccc(F)c(F)c1. The van der Waals surface area contributed by atoms with E-state index in [4.69, 9.17) is 0 Å². The fraction of sp³-hybridized carbons (Fsp3) is 0.500. The van der Waals surface area contributed by atoms with Crippen LogP contribution in [0.3, 0.4) is 0 Å². The van der Waals surface area contributed by atoms with Crippen LogP contribution < -0.4 is 5.32 Å². The van der Waals surface area contributed by atoms with Gasteiger partial charge in [-0.3, -0.25) is 14.5 Å². The Balaban J connectivity index is 1.45. The minimum Gasteiger partial charge on any atom is -0.340 e. The Labute approximate surface area is 133 Å². The van der Waals surface area contributed by atoms with Crippen LogP contribution >= 0.6 is 0 Å². The predicted octanol–water partition coefficient (Wildman–Crippen LogP) is 1.46. The third-order valence-corrected chi connectivity index (χ3v) is 4.18. The van der Waals surface area contributed by atoms with Gasteiger partial charge in [0.1, 0.15) is 0 Å². The summed E-state index contributed by atoms with van der Waals surface area (Å²) in [4.78, 5) is 27.7. The fourth-order valence-electron chi connectivity index (χ4n) is 2.69. The van der Waals surface area contributed by atoms with Crippen molar-refractivity contribution in [2.75, 3.05) is 38.0 Å². The summed E-state index contributed by atoms with van der Waals surface area (Å²) in [6.45, 7) is 2.72. The average molecular weight is 323 g/mol. The van der Waals surface area contributed by atoms with Crippen molar-refractivity contribution >= 4 is 17.5 Å². The van der Waals surface area contributed by atoms with E-state index in [9.17, 15) is 18.4 Å². The monoisotopic (exact) mass is 323 g/mol. The molecule has 0 aromatic heterocycles. The minimum atomic E-state index is -0.991. The van der Waals surface area contributed by atoms with Gasteiger partial charge in [0.2, 0.25) is 11.8 Å². The summed E-state index contributed by atoms with van der Waals surface area (Å²) in [6, 6.07) is 3.26. The lowest BCUT2D eigenvalue weighted by molar-refractivity contribution is -0.134. The Hall–Kier alpha value is -2.02. The van der Waals surface area contributed by atoms with E-state index >= 15 is 0 Å². The molecule has 1 aromatic carbocycles. The van der Waals surface area contributed by atoms with Gasteiger partial charge in [-0.1, -0.05) is 0 Å². The molecule has 2 aliphatic rings. The number of nitrogens with one attached hydrogen (secondary N) is 1. The smallest absolute Gasteiger partial charge is 0.238 e. The summed E-state index contributed by atoms with van der Waals surface area (Å²) in [5.74, 6) is -1.76. The van der Waals surface area contributed by atoms with Gasteiger partial charge in [-0.2, -0.15) is 0 Å². The van der Waals surface area contributed by atoms with E-state index in [0.717, 1.165) is 25.0 Å². The zero-order valence-electron chi connectivity index (χ0n) is 12.7. The number of hydrogen-bond acceptors (Lipinski definition) is 3. The Morgan fingerprint density at radius 1 is 1.09 bits per heavy atom. The van der Waals surface area contributed by atoms with Gasteiger partial charge in [-0.25, -0.2) is 8.78 Å². The molecule has 124 valence electrons. The van der Waals surface area contributed by atoms with Crippen molar-refractivity contribution in [3.8, 4) is 0 Å². The number of carbonyl (C=O) groups excluding carboxylic acids is 2. The Kier molecular flexibility index (Phi) is 4.56. The van der Waals surface area contributed by atoms with E-state index in [2.05, 4.69) is 5.32 Å². The largest absolute Gasteiger partial charge is 0.340 e. The summed E-state index contributed by atoms with van der Waals surface area (Å²) in [6.07, 6.45) is 1.99. The third-order valence-electron chi connectivity index (χ3n) is 4.18. The molecule has 3 rings (SSSR count). The van der Waals surface area contributed by atoms with Crippen molar-refractivity contribution in [2.24, 2.45) is 5.92 Å². The molecule has 23 heavy (non-hydrogen) atoms. The third kappa shape index (κ3) is 4.04. The Morgan fingerprint density at radius 3 is 2.39 bits per heavy atom. The van der Waals surface area contributed by atoms with Crippen LogP contribution in [0.25, 0.3) is 0 Å². The topological polar surface area (TPSA) is 52.7 Å². The van der Waals surface area contributed by atoms with Gasteiger partial charge >= 0.3 is 0 Å². The van der Waals surface area contributed by atoms with Crippen molar-refractivity contribution in [2.45, 2.75) is 12.8 Å². The first-order chi connectivity index (χ1) is 11.0. The molecule has 2 amide bonds. The molecule has 7 heteroatoms. The lowest BCUT2D eigenvalue weighted by Crippen LogP contribution is -2.50. The van der Waals surface area contributed by atoms with Gasteiger partial charge in [-0.15, -0.1) is 0 Å². The molecule has 1 saturated heterocycles. The van der Waals surface area contributed by atoms with Crippen LogP contribution in [-0.2, 0) is 9.59 Å². The molecule has 0 radical (unpaired) electrons. The highest BCUT2D eigenvalue weighted by molar-refractivity contribution is 5.92. The van der Waals surface area contributed by atoms with Gasteiger partial charge in [0, 0.05) is 43.9 Å². The number of piperazine rings is 1. The van der Waals surface area contributed by atoms with E-state index in [-0.39, 0.29) is 30.0 Å². The molecular formula is C16H19F2N3O2. The first-order valence-electron chi connectivity index (χ1n) is 7.79. The highest BCUT2D eigenvalue weighted by Crippen LogP contribution is 2.31. The van der Waals surface area contributed by atoms with Crippen molar-refractivity contribution in [1.82, 2.24) is 9.80 Å². The van der Waals surface area contributed by atoms with Crippen molar-refractivity contribution in [3.05, 3.63) is 29.8 Å². The van der Waals surface area contributed by atoms with Crippen LogP contribution in [0, 0.1) is 17.6 Å². The normalized spacial score (nSPS) is 18.8. The second kappa shape index (κ2) is 6.62. The summed E-state index contributed by atoms with van der Waals surface area (Å²) >= 11 is 0. The predicted molar refractivity (Wildman–Crippen MR) is 80.7 cm³/mol. The molecule has 1 aliphatic heterocycles. The van der Waals surface area contributed by atoms with Crippen LogP contribution in [0.5, 0.6) is 0 Å². The van der Waals surface area contributed by atoms with E-state index in [1.165, 1.54) is 6.07 Å². The molecule has 1 heterocycles. The standard InChI is InChI=1S/C16H19F2N3O2/c17-13-4-3-12(9-14(13)18)19-15(22)10-20-5-7-21(8-6-20)16(23)11-1-2-11/h3-4,9,11H,1-2,5-8,10H2,(H,19,22). The number of amides is 2. The summed E-state index contributed by atoms with van der Waals surface area (Å²) in [5, 5.41) is 2.55. The van der Waals surface area contributed by atoms with Crippen molar-refractivity contribution in [1.29, 1.82) is 0 Å². The zero-order chi connectivity index (χ0) is 16.4. The lowest BCUT2D eigenvalue weighted by atomic mass is 10.2. The van der Waals surface area contributed by atoms with Gasteiger partial charge in [-0.05, 0) is 25.0 Å². The highest BCUT2D eigenvalue weighted by atomic mass is 19.2. The number of hydrogen-bond donors (Lipinski definition) is 1. The lowest BCUT2D eigenvalue weighted by Gasteiger charge is -2.34. The van der Waals surface area contributed by atoms with Gasteiger partial charge < -0.3 is 10.2 Å². The molecule has 0 unspecified atom stereocenters. The first kappa shape index (κ1) is 15.9. The molecule has 2 fully saturated rings. The molecule has 5 nitrogen and oxygen atoms in total. The van der Waals surface area contributed by atoms with Gasteiger partial charge in [0.15, 0.2) is 11.6 Å². The average Bonchev–Trinajstić information content (AvgIpc) is 3.36. The Morgan fingerprint density at radius 2 is 1.78 bits per heavy atom. The summed E-state index contributed by atoms with van der Waals surface area (Å²) in [7, 11) is 0. The number of benzene rings is 1. The van der Waals surface area contributed by atoms with Gasteiger partial charge in [0.25, 0.3) is 0 Å². The number of halogens is 2. The minimum absolute atomic E-state index is 0.171. The van der Waals surface area contributed by atoms with Crippen molar-refractivity contribution in [3.63, 3.8) is 0 Å². The maximum Gasteiger partial charge on any atom is 0.238 e. The maximum absolute atomic E-state index is 13.1. The van der Waals surface area contributed by atoms with E-state index in [1.807, 2.05) is 9.80 Å². The molecule has 0 atom stereocenters. The number of rotatable bonds is 4. The van der Waals surface area contributed by atoms with Crippen LogP contribution in [0.1, 0.15) is 12.8 Å². The molecule has 0 spiro atoms. The number of anilines is 1. The number of nitrogens with zero attached hydrogens (tertiary/aromatic N) is 2. The van der Waals surface area contributed by atoms with E-state index < -0.39 is 11.6 Å². The van der Waals surface area contributed by atoms with E-state index in [1.54, 1.807) is 0 Å². The second-order valence-corrected chi connectivity index (χ2v) is 6.05. The Bertz CT molecular complexity index is 611.